The molecule has 3 heterocycles. The highest BCUT2D eigenvalue weighted by atomic mass is 35.5. The van der Waals surface area contributed by atoms with Crippen molar-refractivity contribution in [1.82, 2.24) is 24.5 Å². The molecule has 1 amide bonds. The van der Waals surface area contributed by atoms with Crippen molar-refractivity contribution in [3.05, 3.63) is 65.2 Å². The summed E-state index contributed by atoms with van der Waals surface area (Å²) in [6, 6.07) is 15.4. The predicted molar refractivity (Wildman–Crippen MR) is 135 cm³/mol. The molecule has 2 aromatic heterocycles. The molecule has 5 rings (SSSR count). The molecule has 12 heteroatoms. The van der Waals surface area contributed by atoms with E-state index in [1.54, 1.807) is 35.2 Å². The van der Waals surface area contributed by atoms with Crippen LogP contribution in [0, 0.1) is 0 Å². The SMILES string of the molecule is CC(=O)N1c2ccc(S(=O)(=O)NCCOc3ccc4nnc(-c5ccccc5Cl)n4n3)cc2CC1C. The van der Waals surface area contributed by atoms with Crippen molar-refractivity contribution in [3.8, 4) is 17.3 Å². The molecule has 0 fully saturated rings. The van der Waals surface area contributed by atoms with Crippen LogP contribution in [0.25, 0.3) is 17.0 Å². The minimum Gasteiger partial charge on any atom is -0.475 e. The van der Waals surface area contributed by atoms with E-state index in [2.05, 4.69) is 20.0 Å². The average Bonchev–Trinajstić information content (AvgIpc) is 3.41. The lowest BCUT2D eigenvalue weighted by molar-refractivity contribution is -0.116. The van der Waals surface area contributed by atoms with Crippen molar-refractivity contribution < 1.29 is 17.9 Å². The van der Waals surface area contributed by atoms with Gasteiger partial charge in [-0.2, -0.15) is 4.52 Å². The monoisotopic (exact) mass is 526 g/mol. The molecule has 0 radical (unpaired) electrons. The molecule has 0 spiro atoms. The molecule has 0 saturated carbocycles. The van der Waals surface area contributed by atoms with Crippen LogP contribution in [0.3, 0.4) is 0 Å². The Kier molecular flexibility index (Phi) is 6.37. The number of aromatic nitrogens is 4. The van der Waals surface area contributed by atoms with Crippen LogP contribution >= 0.6 is 11.6 Å². The number of nitrogens with one attached hydrogen (secondary N) is 1. The number of rotatable bonds is 7. The van der Waals surface area contributed by atoms with E-state index in [9.17, 15) is 13.2 Å². The topological polar surface area (TPSA) is 119 Å². The summed E-state index contributed by atoms with van der Waals surface area (Å²) < 4.78 is 35.4. The molecule has 1 aliphatic heterocycles. The van der Waals surface area contributed by atoms with E-state index < -0.39 is 10.0 Å². The fourth-order valence-corrected chi connectivity index (χ4v) is 5.61. The predicted octanol–water partition coefficient (Wildman–Crippen LogP) is 3.10. The van der Waals surface area contributed by atoms with Crippen molar-refractivity contribution in [3.63, 3.8) is 0 Å². The van der Waals surface area contributed by atoms with Gasteiger partial charge in [0.15, 0.2) is 11.5 Å². The first-order valence-corrected chi connectivity index (χ1v) is 13.1. The van der Waals surface area contributed by atoms with Gasteiger partial charge in [-0.3, -0.25) is 4.79 Å². The van der Waals surface area contributed by atoms with Crippen molar-refractivity contribution in [1.29, 1.82) is 0 Å². The van der Waals surface area contributed by atoms with E-state index in [0.717, 1.165) is 11.3 Å². The fraction of sp³-hybridized carbons (Fsp3) is 0.250. The van der Waals surface area contributed by atoms with Gasteiger partial charge in [0.25, 0.3) is 0 Å². The summed E-state index contributed by atoms with van der Waals surface area (Å²) in [6.45, 7) is 3.54. The summed E-state index contributed by atoms with van der Waals surface area (Å²) in [5.74, 6) is 0.686. The normalized spacial score (nSPS) is 15.3. The molecule has 1 N–H and O–H groups in total. The van der Waals surface area contributed by atoms with Gasteiger partial charge in [-0.15, -0.1) is 15.3 Å². The Balaban J connectivity index is 1.25. The Hall–Kier alpha value is -3.54. The van der Waals surface area contributed by atoms with Crippen LogP contribution < -0.4 is 14.4 Å². The summed E-state index contributed by atoms with van der Waals surface area (Å²) >= 11 is 6.29. The van der Waals surface area contributed by atoms with E-state index in [-0.39, 0.29) is 35.9 Å². The second-order valence-electron chi connectivity index (χ2n) is 8.42. The maximum Gasteiger partial charge on any atom is 0.240 e. The number of halogens is 1. The van der Waals surface area contributed by atoms with E-state index in [1.807, 2.05) is 25.1 Å². The Bertz CT molecular complexity index is 1570. The van der Waals surface area contributed by atoms with Crippen molar-refractivity contribution in [2.75, 3.05) is 18.1 Å². The van der Waals surface area contributed by atoms with Crippen molar-refractivity contribution in [2.45, 2.75) is 31.2 Å². The number of ether oxygens (including phenoxy) is 1. The lowest BCUT2D eigenvalue weighted by atomic mass is 10.1. The average molecular weight is 527 g/mol. The first-order chi connectivity index (χ1) is 17.2. The van der Waals surface area contributed by atoms with Gasteiger partial charge < -0.3 is 9.64 Å². The van der Waals surface area contributed by atoms with Crippen LogP contribution in [0.1, 0.15) is 19.4 Å². The zero-order chi connectivity index (χ0) is 25.4. The number of nitrogens with zero attached hydrogens (tertiary/aromatic N) is 5. The van der Waals surface area contributed by atoms with E-state index in [4.69, 9.17) is 16.3 Å². The van der Waals surface area contributed by atoms with Gasteiger partial charge in [0, 0.05) is 36.8 Å². The third-order valence-corrected chi connectivity index (χ3v) is 7.70. The highest BCUT2D eigenvalue weighted by Gasteiger charge is 2.30. The number of anilines is 1. The van der Waals surface area contributed by atoms with Crippen molar-refractivity contribution >= 4 is 38.9 Å². The number of benzene rings is 2. The maximum absolute atomic E-state index is 12.8. The summed E-state index contributed by atoms with van der Waals surface area (Å²) in [5, 5.41) is 13.2. The van der Waals surface area contributed by atoms with Gasteiger partial charge in [0.05, 0.1) is 9.92 Å². The van der Waals surface area contributed by atoms with Gasteiger partial charge in [-0.05, 0) is 55.3 Å². The Labute approximate surface area is 212 Å². The summed E-state index contributed by atoms with van der Waals surface area (Å²) in [7, 11) is -3.76. The lowest BCUT2D eigenvalue weighted by Crippen LogP contribution is -2.33. The third kappa shape index (κ3) is 4.52. The highest BCUT2D eigenvalue weighted by Crippen LogP contribution is 2.34. The quantitative estimate of drug-likeness (QED) is 0.367. The molecule has 0 saturated heterocycles. The van der Waals surface area contributed by atoms with Crippen molar-refractivity contribution in [2.24, 2.45) is 0 Å². The number of sulfonamides is 1. The molecule has 186 valence electrons. The van der Waals surface area contributed by atoms with E-state index >= 15 is 0 Å². The Morgan fingerprint density at radius 3 is 2.75 bits per heavy atom. The van der Waals surface area contributed by atoms with Crippen LogP contribution in [0.5, 0.6) is 5.88 Å². The zero-order valence-electron chi connectivity index (χ0n) is 19.6. The van der Waals surface area contributed by atoms with Crippen LogP contribution in [-0.2, 0) is 21.2 Å². The van der Waals surface area contributed by atoms with Crippen LogP contribution in [-0.4, -0.2) is 53.3 Å². The molecular weight excluding hydrogens is 504 g/mol. The zero-order valence-corrected chi connectivity index (χ0v) is 21.1. The molecule has 1 atom stereocenters. The van der Waals surface area contributed by atoms with E-state index in [1.165, 1.54) is 17.5 Å². The number of fused-ring (bicyclic) bond motifs is 2. The summed E-state index contributed by atoms with van der Waals surface area (Å²) in [6.07, 6.45) is 0.606. The molecule has 1 aliphatic rings. The van der Waals surface area contributed by atoms with Crippen LogP contribution in [0.2, 0.25) is 5.02 Å². The molecule has 10 nitrogen and oxygen atoms in total. The number of carbonyl (C=O) groups is 1. The Morgan fingerprint density at radius 2 is 1.97 bits per heavy atom. The lowest BCUT2D eigenvalue weighted by Gasteiger charge is -2.20. The minimum atomic E-state index is -3.76. The number of amides is 1. The van der Waals surface area contributed by atoms with Crippen LogP contribution in [0.4, 0.5) is 5.69 Å². The van der Waals surface area contributed by atoms with Gasteiger partial charge in [0.1, 0.15) is 6.61 Å². The smallest absolute Gasteiger partial charge is 0.240 e. The first kappa shape index (κ1) is 24.2. The molecule has 0 bridgehead atoms. The van der Waals surface area contributed by atoms with Gasteiger partial charge in [0.2, 0.25) is 21.8 Å². The second-order valence-corrected chi connectivity index (χ2v) is 10.6. The molecule has 2 aromatic carbocycles. The largest absolute Gasteiger partial charge is 0.475 e. The molecule has 0 aliphatic carbocycles. The summed E-state index contributed by atoms with van der Waals surface area (Å²) in [5.41, 5.74) is 2.79. The standard InChI is InChI=1S/C24H23ClN6O4S/c1-15-13-17-14-18(7-8-21(17)30(15)16(2)32)36(33,34)26-11-12-35-23-10-9-22-27-28-24(31(22)29-23)19-5-3-4-6-20(19)25/h3-10,14-15,26H,11-13H2,1-2H3. The van der Waals surface area contributed by atoms with Gasteiger partial charge in [-0.1, -0.05) is 23.7 Å². The first-order valence-electron chi connectivity index (χ1n) is 11.3. The molecule has 4 aromatic rings. The minimum absolute atomic E-state index is 0.00854. The molecule has 1 unspecified atom stereocenters. The van der Waals surface area contributed by atoms with Gasteiger partial charge >= 0.3 is 0 Å². The molecular formula is C24H23ClN6O4S. The summed E-state index contributed by atoms with van der Waals surface area (Å²) in [4.78, 5) is 13.7. The third-order valence-electron chi connectivity index (χ3n) is 5.91. The maximum atomic E-state index is 12.8. The number of hydrogen-bond donors (Lipinski definition) is 1. The van der Waals surface area contributed by atoms with Crippen LogP contribution in [0.15, 0.2) is 59.5 Å². The van der Waals surface area contributed by atoms with Gasteiger partial charge in [-0.25, -0.2) is 13.1 Å². The molecule has 36 heavy (non-hydrogen) atoms. The Morgan fingerprint density at radius 1 is 1.17 bits per heavy atom. The highest BCUT2D eigenvalue weighted by molar-refractivity contribution is 7.89. The fourth-order valence-electron chi connectivity index (χ4n) is 4.33. The second kappa shape index (κ2) is 9.49. The number of hydrogen-bond acceptors (Lipinski definition) is 7. The number of carbonyl (C=O) groups excluding carboxylic acids is 1. The van der Waals surface area contributed by atoms with E-state index in [0.29, 0.717) is 28.5 Å².